The largest absolute Gasteiger partial charge is 0.487 e. The average Bonchev–Trinajstić information content (AvgIpc) is 2.93. The standard InChI is InChI=1S/C16H14BrNOS/c1-2-16-18-14(10-20-16)9-19-15-6-4-11-7-13(17)5-3-12(11)8-15/h3-8,10H,2,9H2,1H3. The molecule has 0 unspecified atom stereocenters. The number of halogens is 1. The maximum Gasteiger partial charge on any atom is 0.131 e. The van der Waals surface area contributed by atoms with Crippen LogP contribution in [0.5, 0.6) is 5.75 Å². The summed E-state index contributed by atoms with van der Waals surface area (Å²) < 4.78 is 6.91. The summed E-state index contributed by atoms with van der Waals surface area (Å²) in [4.78, 5) is 4.51. The fourth-order valence-corrected chi connectivity index (χ4v) is 3.13. The predicted molar refractivity (Wildman–Crippen MR) is 87.5 cm³/mol. The van der Waals surface area contributed by atoms with Gasteiger partial charge in [0.25, 0.3) is 0 Å². The van der Waals surface area contributed by atoms with E-state index in [1.807, 2.05) is 12.1 Å². The van der Waals surface area contributed by atoms with Gasteiger partial charge in [0.1, 0.15) is 12.4 Å². The molecule has 0 atom stereocenters. The summed E-state index contributed by atoms with van der Waals surface area (Å²) in [6, 6.07) is 12.4. The Labute approximate surface area is 130 Å². The van der Waals surface area contributed by atoms with Crippen molar-refractivity contribution in [3.63, 3.8) is 0 Å². The summed E-state index contributed by atoms with van der Waals surface area (Å²) in [6.45, 7) is 2.64. The quantitative estimate of drug-likeness (QED) is 0.646. The van der Waals surface area contributed by atoms with Crippen molar-refractivity contribution in [2.45, 2.75) is 20.0 Å². The zero-order valence-electron chi connectivity index (χ0n) is 11.1. The number of aromatic nitrogens is 1. The van der Waals surface area contributed by atoms with E-state index < -0.39 is 0 Å². The number of nitrogens with zero attached hydrogens (tertiary/aromatic N) is 1. The lowest BCUT2D eigenvalue weighted by Crippen LogP contribution is -1.96. The molecule has 0 bridgehead atoms. The molecule has 1 aromatic heterocycles. The first-order chi connectivity index (χ1) is 9.74. The summed E-state index contributed by atoms with van der Waals surface area (Å²) in [7, 11) is 0. The normalized spacial score (nSPS) is 10.9. The fraction of sp³-hybridized carbons (Fsp3) is 0.188. The van der Waals surface area contributed by atoms with Crippen LogP contribution in [-0.4, -0.2) is 4.98 Å². The van der Waals surface area contributed by atoms with Crippen LogP contribution in [0, 0.1) is 0 Å². The molecule has 0 saturated carbocycles. The first-order valence-electron chi connectivity index (χ1n) is 6.50. The summed E-state index contributed by atoms with van der Waals surface area (Å²) in [5.74, 6) is 0.880. The smallest absolute Gasteiger partial charge is 0.131 e. The molecule has 4 heteroatoms. The number of aryl methyl sites for hydroxylation is 1. The lowest BCUT2D eigenvalue weighted by atomic mass is 10.1. The first kappa shape index (κ1) is 13.6. The van der Waals surface area contributed by atoms with Crippen molar-refractivity contribution < 1.29 is 4.74 Å². The second-order valence-electron chi connectivity index (χ2n) is 4.53. The Bertz CT molecular complexity index is 738. The number of benzene rings is 2. The van der Waals surface area contributed by atoms with Gasteiger partial charge in [-0.3, -0.25) is 0 Å². The van der Waals surface area contributed by atoms with E-state index in [-0.39, 0.29) is 0 Å². The van der Waals surface area contributed by atoms with E-state index in [2.05, 4.69) is 57.5 Å². The maximum atomic E-state index is 5.82. The highest BCUT2D eigenvalue weighted by Gasteiger charge is 2.03. The Balaban J connectivity index is 1.75. The zero-order valence-corrected chi connectivity index (χ0v) is 13.5. The minimum atomic E-state index is 0.526. The number of ether oxygens (including phenoxy) is 1. The molecule has 102 valence electrons. The molecular formula is C16H14BrNOS. The van der Waals surface area contributed by atoms with Crippen LogP contribution in [0.3, 0.4) is 0 Å². The molecule has 3 rings (SSSR count). The van der Waals surface area contributed by atoms with Crippen LogP contribution >= 0.6 is 27.3 Å². The molecule has 0 aliphatic rings. The molecule has 0 spiro atoms. The molecule has 0 aliphatic heterocycles. The molecule has 0 fully saturated rings. The van der Waals surface area contributed by atoms with E-state index in [9.17, 15) is 0 Å². The van der Waals surface area contributed by atoms with Crippen molar-refractivity contribution in [2.75, 3.05) is 0 Å². The molecule has 2 nitrogen and oxygen atoms in total. The number of fused-ring (bicyclic) bond motifs is 1. The molecule has 0 aliphatic carbocycles. The van der Waals surface area contributed by atoms with Crippen LogP contribution in [0.15, 0.2) is 46.3 Å². The van der Waals surface area contributed by atoms with Gasteiger partial charge in [-0.25, -0.2) is 4.98 Å². The van der Waals surface area contributed by atoms with E-state index in [4.69, 9.17) is 4.74 Å². The molecule has 2 aromatic carbocycles. The van der Waals surface area contributed by atoms with Crippen molar-refractivity contribution in [1.82, 2.24) is 4.98 Å². The minimum Gasteiger partial charge on any atom is -0.487 e. The Morgan fingerprint density at radius 2 is 1.95 bits per heavy atom. The number of rotatable bonds is 4. The summed E-state index contributed by atoms with van der Waals surface area (Å²) >= 11 is 5.18. The predicted octanol–water partition coefficient (Wildman–Crippen LogP) is 5.20. The highest BCUT2D eigenvalue weighted by Crippen LogP contribution is 2.24. The van der Waals surface area contributed by atoms with Gasteiger partial charge in [0.15, 0.2) is 0 Å². The first-order valence-corrected chi connectivity index (χ1v) is 8.17. The van der Waals surface area contributed by atoms with Gasteiger partial charge in [-0.15, -0.1) is 11.3 Å². The van der Waals surface area contributed by atoms with E-state index in [1.54, 1.807) is 11.3 Å². The summed E-state index contributed by atoms with van der Waals surface area (Å²) in [5, 5.41) is 5.61. The van der Waals surface area contributed by atoms with Gasteiger partial charge in [0, 0.05) is 9.85 Å². The van der Waals surface area contributed by atoms with E-state index in [0.717, 1.165) is 27.3 Å². The van der Waals surface area contributed by atoms with Gasteiger partial charge in [-0.2, -0.15) is 0 Å². The maximum absolute atomic E-state index is 5.82. The number of thiazole rings is 1. The molecular weight excluding hydrogens is 334 g/mol. The summed E-state index contributed by atoms with van der Waals surface area (Å²) in [5.41, 5.74) is 1.00. The fourth-order valence-electron chi connectivity index (χ4n) is 2.02. The van der Waals surface area contributed by atoms with Crippen LogP contribution in [0.2, 0.25) is 0 Å². The van der Waals surface area contributed by atoms with Crippen molar-refractivity contribution in [3.05, 3.63) is 57.0 Å². The van der Waals surface area contributed by atoms with Crippen LogP contribution in [0.1, 0.15) is 17.6 Å². The minimum absolute atomic E-state index is 0.526. The SMILES string of the molecule is CCc1nc(COc2ccc3cc(Br)ccc3c2)cs1. The van der Waals surface area contributed by atoms with E-state index in [0.29, 0.717) is 6.61 Å². The van der Waals surface area contributed by atoms with Crippen molar-refractivity contribution in [3.8, 4) is 5.75 Å². The Kier molecular flexibility index (Phi) is 4.03. The van der Waals surface area contributed by atoms with Crippen molar-refractivity contribution in [2.24, 2.45) is 0 Å². The Morgan fingerprint density at radius 3 is 2.75 bits per heavy atom. The lowest BCUT2D eigenvalue weighted by Gasteiger charge is -2.06. The van der Waals surface area contributed by atoms with Gasteiger partial charge >= 0.3 is 0 Å². The van der Waals surface area contributed by atoms with E-state index in [1.165, 1.54) is 10.8 Å². The molecule has 20 heavy (non-hydrogen) atoms. The van der Waals surface area contributed by atoms with Crippen molar-refractivity contribution >= 4 is 38.0 Å². The van der Waals surface area contributed by atoms with Crippen LogP contribution in [-0.2, 0) is 13.0 Å². The Morgan fingerprint density at radius 1 is 1.15 bits per heavy atom. The van der Waals surface area contributed by atoms with Crippen molar-refractivity contribution in [1.29, 1.82) is 0 Å². The second kappa shape index (κ2) is 5.94. The monoisotopic (exact) mass is 347 g/mol. The number of hydrogen-bond donors (Lipinski definition) is 0. The topological polar surface area (TPSA) is 22.1 Å². The summed E-state index contributed by atoms with van der Waals surface area (Å²) in [6.07, 6.45) is 0.982. The molecule has 0 amide bonds. The molecule has 3 aromatic rings. The molecule has 0 radical (unpaired) electrons. The zero-order chi connectivity index (χ0) is 13.9. The van der Waals surface area contributed by atoms with Gasteiger partial charge in [0.05, 0.1) is 10.7 Å². The van der Waals surface area contributed by atoms with Gasteiger partial charge in [-0.05, 0) is 41.5 Å². The Hall–Kier alpha value is -1.39. The molecule has 0 N–H and O–H groups in total. The van der Waals surface area contributed by atoms with Gasteiger partial charge in [-0.1, -0.05) is 35.0 Å². The third-order valence-electron chi connectivity index (χ3n) is 3.06. The third-order valence-corrected chi connectivity index (χ3v) is 4.60. The van der Waals surface area contributed by atoms with Crippen LogP contribution < -0.4 is 4.74 Å². The lowest BCUT2D eigenvalue weighted by molar-refractivity contribution is 0.302. The third kappa shape index (κ3) is 3.02. The van der Waals surface area contributed by atoms with Gasteiger partial charge < -0.3 is 4.74 Å². The highest BCUT2D eigenvalue weighted by molar-refractivity contribution is 9.10. The van der Waals surface area contributed by atoms with E-state index >= 15 is 0 Å². The molecule has 1 heterocycles. The van der Waals surface area contributed by atoms with Crippen LogP contribution in [0.25, 0.3) is 10.8 Å². The van der Waals surface area contributed by atoms with Crippen LogP contribution in [0.4, 0.5) is 0 Å². The second-order valence-corrected chi connectivity index (χ2v) is 6.39. The number of hydrogen-bond acceptors (Lipinski definition) is 3. The highest BCUT2D eigenvalue weighted by atomic mass is 79.9. The molecule has 0 saturated heterocycles. The average molecular weight is 348 g/mol. The van der Waals surface area contributed by atoms with Gasteiger partial charge in [0.2, 0.25) is 0 Å².